The molecule has 1 aromatic rings. The zero-order chi connectivity index (χ0) is 9.35. The minimum atomic E-state index is -4.30. The van der Waals surface area contributed by atoms with Gasteiger partial charge in [0.2, 0.25) is 0 Å². The Labute approximate surface area is 79.1 Å². The normalized spacial score (nSPS) is 11.7. The predicted octanol–water partition coefficient (Wildman–Crippen LogP) is 1.80. The predicted molar refractivity (Wildman–Crippen MR) is 48.1 cm³/mol. The quantitative estimate of drug-likeness (QED) is 0.719. The molecule has 0 bridgehead atoms. The Morgan fingerprint density at radius 1 is 1.25 bits per heavy atom. The van der Waals surface area contributed by atoms with Crippen LogP contribution in [0.2, 0.25) is 10.0 Å². The van der Waals surface area contributed by atoms with E-state index in [0.717, 1.165) is 0 Å². The Hall–Kier alpha value is -0.0500. The molecule has 0 amide bonds. The maximum absolute atomic E-state index is 10.8. The first-order valence-corrected chi connectivity index (χ1v) is 5.30. The molecule has 6 heteroatoms. The van der Waals surface area contributed by atoms with Gasteiger partial charge in [-0.1, -0.05) is 29.3 Å². The lowest BCUT2D eigenvalue weighted by Crippen LogP contribution is -2.04. The van der Waals surface area contributed by atoms with Crippen molar-refractivity contribution >= 4 is 36.1 Å². The van der Waals surface area contributed by atoms with Crippen molar-refractivity contribution in [2.24, 2.45) is 0 Å². The molecule has 12 heavy (non-hydrogen) atoms. The van der Waals surface area contributed by atoms with E-state index < -0.39 is 7.60 Å². The van der Waals surface area contributed by atoms with Crippen LogP contribution in [-0.2, 0) is 4.57 Å². The molecule has 0 aromatic heterocycles. The minimum absolute atomic E-state index is 0.0903. The molecule has 0 spiro atoms. The summed E-state index contributed by atoms with van der Waals surface area (Å²) in [5, 5.41) is -0.193. The summed E-state index contributed by atoms with van der Waals surface area (Å²) < 4.78 is 10.8. The first kappa shape index (κ1) is 10.0. The van der Waals surface area contributed by atoms with Gasteiger partial charge in [0.15, 0.2) is 0 Å². The van der Waals surface area contributed by atoms with Crippen molar-refractivity contribution in [2.45, 2.75) is 0 Å². The van der Waals surface area contributed by atoms with E-state index in [1.807, 2.05) is 0 Å². The van der Waals surface area contributed by atoms with Crippen LogP contribution >= 0.6 is 30.8 Å². The van der Waals surface area contributed by atoms with Crippen LogP contribution in [0.5, 0.6) is 0 Å². The first-order valence-electron chi connectivity index (χ1n) is 2.93. The molecule has 1 aromatic carbocycles. The number of benzene rings is 1. The Morgan fingerprint density at radius 2 is 1.83 bits per heavy atom. The second-order valence-electron chi connectivity index (χ2n) is 2.12. The zero-order valence-corrected chi connectivity index (χ0v) is 8.14. The molecule has 0 aliphatic carbocycles. The summed E-state index contributed by atoms with van der Waals surface area (Å²) in [6, 6.07) is 4.14. The van der Waals surface area contributed by atoms with E-state index in [-0.39, 0.29) is 15.3 Å². The lowest BCUT2D eigenvalue weighted by Gasteiger charge is -2.06. The van der Waals surface area contributed by atoms with Crippen molar-refractivity contribution in [3.05, 3.63) is 28.2 Å². The van der Waals surface area contributed by atoms with Crippen LogP contribution in [0.4, 0.5) is 0 Å². The number of rotatable bonds is 1. The Bertz CT molecular complexity index is 347. The molecule has 0 saturated carbocycles. The van der Waals surface area contributed by atoms with Gasteiger partial charge in [-0.2, -0.15) is 0 Å². The fourth-order valence-corrected chi connectivity index (χ4v) is 2.07. The van der Waals surface area contributed by atoms with Gasteiger partial charge in [-0.3, -0.25) is 4.57 Å². The fourth-order valence-electron chi connectivity index (χ4n) is 0.717. The summed E-state index contributed by atoms with van der Waals surface area (Å²) in [7, 11) is -4.30. The van der Waals surface area contributed by atoms with Gasteiger partial charge < -0.3 is 9.79 Å². The van der Waals surface area contributed by atoms with E-state index in [0.29, 0.717) is 0 Å². The van der Waals surface area contributed by atoms with Gasteiger partial charge in [0.1, 0.15) is 0 Å². The second kappa shape index (κ2) is 3.36. The monoisotopic (exact) mass is 226 g/mol. The van der Waals surface area contributed by atoms with E-state index >= 15 is 0 Å². The van der Waals surface area contributed by atoms with Gasteiger partial charge in [0.05, 0.1) is 15.3 Å². The van der Waals surface area contributed by atoms with Gasteiger partial charge >= 0.3 is 7.60 Å². The molecule has 0 heterocycles. The lowest BCUT2D eigenvalue weighted by atomic mass is 10.4. The van der Waals surface area contributed by atoms with E-state index in [4.69, 9.17) is 33.0 Å². The maximum atomic E-state index is 10.8. The fraction of sp³-hybridized carbons (Fsp3) is 0. The van der Waals surface area contributed by atoms with Crippen LogP contribution in [0.25, 0.3) is 0 Å². The van der Waals surface area contributed by atoms with E-state index in [1.165, 1.54) is 18.2 Å². The lowest BCUT2D eigenvalue weighted by molar-refractivity contribution is 0.387. The van der Waals surface area contributed by atoms with Crippen molar-refractivity contribution in [1.29, 1.82) is 0 Å². The highest BCUT2D eigenvalue weighted by molar-refractivity contribution is 7.60. The number of halogens is 2. The van der Waals surface area contributed by atoms with Crippen LogP contribution in [0, 0.1) is 0 Å². The maximum Gasteiger partial charge on any atom is 0.357 e. The summed E-state index contributed by atoms with van der Waals surface area (Å²) in [6.07, 6.45) is 0. The molecule has 0 radical (unpaired) electrons. The highest BCUT2D eigenvalue weighted by Crippen LogP contribution is 2.38. The highest BCUT2D eigenvalue weighted by Gasteiger charge is 2.21. The summed E-state index contributed by atoms with van der Waals surface area (Å²) >= 11 is 11.1. The van der Waals surface area contributed by atoms with Crippen LogP contribution in [0.1, 0.15) is 0 Å². The van der Waals surface area contributed by atoms with Gasteiger partial charge in [-0.25, -0.2) is 0 Å². The Kier molecular flexibility index (Phi) is 2.81. The molecule has 2 N–H and O–H groups in total. The van der Waals surface area contributed by atoms with Crippen LogP contribution in [0.3, 0.4) is 0 Å². The number of hydrogen-bond donors (Lipinski definition) is 2. The average Bonchev–Trinajstić information content (AvgIpc) is 1.92. The first-order chi connectivity index (χ1) is 5.43. The van der Waals surface area contributed by atoms with E-state index in [1.54, 1.807) is 0 Å². The van der Waals surface area contributed by atoms with E-state index in [9.17, 15) is 4.57 Å². The molecule has 0 unspecified atom stereocenters. The van der Waals surface area contributed by atoms with Gasteiger partial charge in [-0.05, 0) is 12.1 Å². The van der Waals surface area contributed by atoms with Gasteiger partial charge in [-0.15, -0.1) is 0 Å². The minimum Gasteiger partial charge on any atom is -0.321 e. The molecule has 0 aliphatic heterocycles. The third kappa shape index (κ3) is 2.00. The van der Waals surface area contributed by atoms with Crippen molar-refractivity contribution in [2.75, 3.05) is 0 Å². The third-order valence-corrected chi connectivity index (χ3v) is 3.20. The van der Waals surface area contributed by atoms with Gasteiger partial charge in [0.25, 0.3) is 0 Å². The van der Waals surface area contributed by atoms with Crippen molar-refractivity contribution < 1.29 is 14.4 Å². The van der Waals surface area contributed by atoms with Crippen molar-refractivity contribution in [3.8, 4) is 0 Å². The standard InChI is InChI=1S/C6H5Cl2O3P/c7-4-2-1-3-5(6(4)8)12(9,10)11/h1-3H,(H2,9,10,11). The van der Waals surface area contributed by atoms with Crippen LogP contribution in [-0.4, -0.2) is 9.79 Å². The van der Waals surface area contributed by atoms with Crippen LogP contribution < -0.4 is 5.30 Å². The van der Waals surface area contributed by atoms with Crippen molar-refractivity contribution in [1.82, 2.24) is 0 Å². The van der Waals surface area contributed by atoms with Gasteiger partial charge in [0, 0.05) is 0 Å². The summed E-state index contributed by atoms with van der Waals surface area (Å²) in [5.41, 5.74) is 0. The van der Waals surface area contributed by atoms with Crippen molar-refractivity contribution in [3.63, 3.8) is 0 Å². The molecular weight excluding hydrogens is 222 g/mol. The average molecular weight is 227 g/mol. The molecule has 1 rings (SSSR count). The second-order valence-corrected chi connectivity index (χ2v) is 4.47. The third-order valence-electron chi connectivity index (χ3n) is 1.25. The molecule has 0 fully saturated rings. The molecule has 66 valence electrons. The summed E-state index contributed by atoms with van der Waals surface area (Å²) in [4.78, 5) is 17.5. The SMILES string of the molecule is O=P(O)(O)c1cccc(Cl)c1Cl. The molecule has 3 nitrogen and oxygen atoms in total. The zero-order valence-electron chi connectivity index (χ0n) is 5.74. The highest BCUT2D eigenvalue weighted by atomic mass is 35.5. The summed E-state index contributed by atoms with van der Waals surface area (Å²) in [5.74, 6) is 0. The topological polar surface area (TPSA) is 57.5 Å². The smallest absolute Gasteiger partial charge is 0.321 e. The van der Waals surface area contributed by atoms with Crippen LogP contribution in [0.15, 0.2) is 18.2 Å². The molecular formula is C6H5Cl2O3P. The molecule has 0 atom stereocenters. The largest absolute Gasteiger partial charge is 0.357 e. The molecule has 0 saturated heterocycles. The Balaban J connectivity index is 3.36. The molecule has 0 aliphatic rings. The number of hydrogen-bond acceptors (Lipinski definition) is 1. The Morgan fingerprint density at radius 3 is 2.25 bits per heavy atom. The summed E-state index contributed by atoms with van der Waals surface area (Å²) in [6.45, 7) is 0. The van der Waals surface area contributed by atoms with E-state index in [2.05, 4.69) is 0 Å².